The first-order valence-electron chi connectivity index (χ1n) is 8.83. The van der Waals surface area contributed by atoms with Crippen molar-refractivity contribution in [2.75, 3.05) is 13.2 Å². The van der Waals surface area contributed by atoms with Crippen molar-refractivity contribution in [3.8, 4) is 5.75 Å². The van der Waals surface area contributed by atoms with Crippen LogP contribution in [0.4, 0.5) is 0 Å². The minimum Gasteiger partial charge on any atom is -0.490 e. The standard InChI is InChI=1S/C23H16O5/c24-21-16-9-4-5-10-17(16)22(25)20-18(21)11-6-12-19(20)23(26)28-14-13-27-15-7-2-1-3-8-15/h1-12H,13-14H2. The van der Waals surface area contributed by atoms with Gasteiger partial charge in [0.2, 0.25) is 0 Å². The zero-order chi connectivity index (χ0) is 19.5. The lowest BCUT2D eigenvalue weighted by Gasteiger charge is -2.19. The average molecular weight is 372 g/mol. The van der Waals surface area contributed by atoms with Crippen LogP contribution in [0.2, 0.25) is 0 Å². The second-order valence-electron chi connectivity index (χ2n) is 6.23. The van der Waals surface area contributed by atoms with Gasteiger partial charge >= 0.3 is 5.97 Å². The third-order valence-electron chi connectivity index (χ3n) is 4.50. The Balaban J connectivity index is 1.52. The maximum Gasteiger partial charge on any atom is 0.339 e. The molecule has 0 atom stereocenters. The minimum atomic E-state index is -0.658. The van der Waals surface area contributed by atoms with E-state index >= 15 is 0 Å². The Hall–Kier alpha value is -3.73. The number of para-hydroxylation sites is 1. The number of ketones is 2. The molecule has 0 heterocycles. The van der Waals surface area contributed by atoms with Crippen LogP contribution in [0.25, 0.3) is 0 Å². The largest absolute Gasteiger partial charge is 0.490 e. The van der Waals surface area contributed by atoms with Crippen molar-refractivity contribution in [2.45, 2.75) is 0 Å². The number of hydrogen-bond acceptors (Lipinski definition) is 5. The van der Waals surface area contributed by atoms with Crippen molar-refractivity contribution in [1.82, 2.24) is 0 Å². The van der Waals surface area contributed by atoms with Gasteiger partial charge in [0, 0.05) is 22.3 Å². The lowest BCUT2D eigenvalue weighted by molar-refractivity contribution is 0.0448. The summed E-state index contributed by atoms with van der Waals surface area (Å²) in [5.74, 6) is -0.604. The molecular weight excluding hydrogens is 356 g/mol. The molecule has 0 radical (unpaired) electrons. The molecule has 0 fully saturated rings. The molecule has 0 aliphatic heterocycles. The number of benzene rings is 3. The quantitative estimate of drug-likeness (QED) is 0.395. The van der Waals surface area contributed by atoms with E-state index in [9.17, 15) is 14.4 Å². The molecule has 5 nitrogen and oxygen atoms in total. The number of hydrogen-bond donors (Lipinski definition) is 0. The summed E-state index contributed by atoms with van der Waals surface area (Å²) in [4.78, 5) is 38.2. The number of fused-ring (bicyclic) bond motifs is 2. The van der Waals surface area contributed by atoms with E-state index < -0.39 is 5.97 Å². The lowest BCUT2D eigenvalue weighted by Crippen LogP contribution is -2.24. The number of ether oxygens (including phenoxy) is 2. The van der Waals surface area contributed by atoms with E-state index in [0.29, 0.717) is 16.9 Å². The van der Waals surface area contributed by atoms with Crippen LogP contribution in [-0.4, -0.2) is 30.7 Å². The van der Waals surface area contributed by atoms with Gasteiger partial charge in [0.15, 0.2) is 11.6 Å². The fraction of sp³-hybridized carbons (Fsp3) is 0.0870. The smallest absolute Gasteiger partial charge is 0.339 e. The topological polar surface area (TPSA) is 69.7 Å². The summed E-state index contributed by atoms with van der Waals surface area (Å²) in [7, 11) is 0. The van der Waals surface area contributed by atoms with Gasteiger partial charge < -0.3 is 9.47 Å². The van der Waals surface area contributed by atoms with Gasteiger partial charge in [0.1, 0.15) is 19.0 Å². The Morgan fingerprint density at radius 2 is 1.32 bits per heavy atom. The van der Waals surface area contributed by atoms with E-state index in [1.807, 2.05) is 18.2 Å². The second-order valence-corrected chi connectivity index (χ2v) is 6.23. The predicted octanol–water partition coefficient (Wildman–Crippen LogP) is 3.70. The third kappa shape index (κ3) is 3.18. The highest BCUT2D eigenvalue weighted by Crippen LogP contribution is 2.29. The summed E-state index contributed by atoms with van der Waals surface area (Å²) in [5.41, 5.74) is 1.05. The molecule has 1 aliphatic carbocycles. The van der Waals surface area contributed by atoms with Crippen molar-refractivity contribution in [3.63, 3.8) is 0 Å². The van der Waals surface area contributed by atoms with Crippen LogP contribution in [0.1, 0.15) is 42.2 Å². The summed E-state index contributed by atoms with van der Waals surface area (Å²) in [6, 6.07) is 20.4. The normalized spacial score (nSPS) is 12.1. The number of carbonyl (C=O) groups excluding carboxylic acids is 3. The predicted molar refractivity (Wildman–Crippen MR) is 102 cm³/mol. The number of esters is 1. The van der Waals surface area contributed by atoms with Gasteiger partial charge in [0.25, 0.3) is 0 Å². The van der Waals surface area contributed by atoms with E-state index in [1.165, 1.54) is 6.07 Å². The molecule has 0 spiro atoms. The molecule has 3 aromatic rings. The number of rotatable bonds is 5. The molecular formula is C23H16O5. The van der Waals surface area contributed by atoms with Gasteiger partial charge in [-0.3, -0.25) is 9.59 Å². The molecule has 3 aromatic carbocycles. The van der Waals surface area contributed by atoms with Crippen molar-refractivity contribution in [1.29, 1.82) is 0 Å². The zero-order valence-electron chi connectivity index (χ0n) is 14.9. The Morgan fingerprint density at radius 1 is 0.679 bits per heavy atom. The maximum atomic E-state index is 12.9. The Labute approximate surface area is 161 Å². The molecule has 0 saturated heterocycles. The van der Waals surface area contributed by atoms with Gasteiger partial charge in [-0.2, -0.15) is 0 Å². The van der Waals surface area contributed by atoms with Crippen LogP contribution in [0.15, 0.2) is 72.8 Å². The van der Waals surface area contributed by atoms with E-state index in [1.54, 1.807) is 48.5 Å². The first kappa shape index (κ1) is 17.7. The molecule has 0 bridgehead atoms. The van der Waals surface area contributed by atoms with Crippen molar-refractivity contribution >= 4 is 17.5 Å². The van der Waals surface area contributed by atoms with Crippen molar-refractivity contribution < 1.29 is 23.9 Å². The highest BCUT2D eigenvalue weighted by atomic mass is 16.6. The van der Waals surface area contributed by atoms with Crippen LogP contribution >= 0.6 is 0 Å². The number of carbonyl (C=O) groups is 3. The molecule has 0 N–H and O–H groups in total. The highest BCUT2D eigenvalue weighted by molar-refractivity contribution is 6.30. The fourth-order valence-corrected chi connectivity index (χ4v) is 3.20. The SMILES string of the molecule is O=C(OCCOc1ccccc1)c1cccc2c1C(=O)c1ccccc1C2=O. The molecule has 4 rings (SSSR count). The average Bonchev–Trinajstić information content (AvgIpc) is 2.75. The summed E-state index contributed by atoms with van der Waals surface area (Å²) in [5, 5.41) is 0. The second kappa shape index (κ2) is 7.48. The molecule has 0 amide bonds. The Bertz CT molecular complexity index is 1070. The van der Waals surface area contributed by atoms with Gasteiger partial charge in [-0.1, -0.05) is 54.6 Å². The van der Waals surface area contributed by atoms with Crippen LogP contribution in [0.5, 0.6) is 5.75 Å². The van der Waals surface area contributed by atoms with E-state index in [-0.39, 0.29) is 41.5 Å². The van der Waals surface area contributed by atoms with E-state index in [2.05, 4.69) is 0 Å². The van der Waals surface area contributed by atoms with Gasteiger partial charge in [-0.15, -0.1) is 0 Å². The van der Waals surface area contributed by atoms with Crippen LogP contribution in [0, 0.1) is 0 Å². The van der Waals surface area contributed by atoms with Crippen molar-refractivity contribution in [2.24, 2.45) is 0 Å². The molecule has 28 heavy (non-hydrogen) atoms. The minimum absolute atomic E-state index is 0.0239. The van der Waals surface area contributed by atoms with Gasteiger partial charge in [0.05, 0.1) is 5.56 Å². The van der Waals surface area contributed by atoms with Crippen LogP contribution < -0.4 is 4.74 Å². The lowest BCUT2D eigenvalue weighted by atomic mass is 9.82. The maximum absolute atomic E-state index is 12.9. The monoisotopic (exact) mass is 372 g/mol. The Kier molecular flexibility index (Phi) is 4.72. The van der Waals surface area contributed by atoms with E-state index in [0.717, 1.165) is 0 Å². The summed E-state index contributed by atoms with van der Waals surface area (Å²) in [6.07, 6.45) is 0. The van der Waals surface area contributed by atoms with Crippen LogP contribution in [-0.2, 0) is 4.74 Å². The highest BCUT2D eigenvalue weighted by Gasteiger charge is 2.33. The van der Waals surface area contributed by atoms with Gasteiger partial charge in [-0.05, 0) is 18.2 Å². The fourth-order valence-electron chi connectivity index (χ4n) is 3.20. The summed E-state index contributed by atoms with van der Waals surface area (Å²) >= 11 is 0. The molecule has 0 unspecified atom stereocenters. The molecule has 5 heteroatoms. The van der Waals surface area contributed by atoms with E-state index in [4.69, 9.17) is 9.47 Å². The van der Waals surface area contributed by atoms with Gasteiger partial charge in [-0.25, -0.2) is 4.79 Å². The van der Waals surface area contributed by atoms with Crippen LogP contribution in [0.3, 0.4) is 0 Å². The molecule has 0 saturated carbocycles. The zero-order valence-corrected chi connectivity index (χ0v) is 14.9. The molecule has 1 aliphatic rings. The third-order valence-corrected chi connectivity index (χ3v) is 4.50. The molecule has 138 valence electrons. The first-order valence-corrected chi connectivity index (χ1v) is 8.83. The summed E-state index contributed by atoms with van der Waals surface area (Å²) in [6.45, 7) is 0.205. The Morgan fingerprint density at radius 3 is 2.07 bits per heavy atom. The van der Waals surface area contributed by atoms with Crippen molar-refractivity contribution in [3.05, 3.63) is 101 Å². The molecule has 0 aromatic heterocycles. The summed E-state index contributed by atoms with van der Waals surface area (Å²) < 4.78 is 10.8. The first-order chi connectivity index (χ1) is 13.7.